The average Bonchev–Trinajstić information content (AvgIpc) is 2.76. The van der Waals surface area contributed by atoms with Crippen molar-refractivity contribution in [3.05, 3.63) is 45.7 Å². The van der Waals surface area contributed by atoms with E-state index in [1.54, 1.807) is 12.1 Å². The van der Waals surface area contributed by atoms with E-state index in [0.717, 1.165) is 27.6 Å². The molecule has 0 radical (unpaired) electrons. The van der Waals surface area contributed by atoms with Crippen molar-refractivity contribution in [3.63, 3.8) is 0 Å². The first-order valence-corrected chi connectivity index (χ1v) is 8.52. The summed E-state index contributed by atoms with van der Waals surface area (Å²) < 4.78 is 20.1. The number of fused-ring (bicyclic) bond motifs is 1. The van der Waals surface area contributed by atoms with Crippen molar-refractivity contribution < 1.29 is 14.2 Å². The lowest BCUT2D eigenvalue weighted by Gasteiger charge is -2.19. The van der Waals surface area contributed by atoms with Crippen LogP contribution >= 0.6 is 15.9 Å². The third-order valence-corrected chi connectivity index (χ3v) is 5.02. The van der Waals surface area contributed by atoms with Gasteiger partial charge < -0.3 is 9.84 Å². The second-order valence-corrected chi connectivity index (χ2v) is 7.75. The number of rotatable bonds is 2. The van der Waals surface area contributed by atoms with Crippen molar-refractivity contribution in [2.75, 3.05) is 0 Å². The first kappa shape index (κ1) is 16.3. The lowest BCUT2D eigenvalue weighted by atomic mass is 9.88. The van der Waals surface area contributed by atoms with Crippen molar-refractivity contribution >= 4 is 15.9 Å². The minimum Gasteiger partial charge on any atom is -0.504 e. The highest BCUT2D eigenvalue weighted by Crippen LogP contribution is 2.53. The summed E-state index contributed by atoms with van der Waals surface area (Å²) in [5, 5.41) is 10.8. The van der Waals surface area contributed by atoms with Crippen LogP contribution in [0.15, 0.2) is 28.7 Å². The number of benzene rings is 2. The molecule has 0 fully saturated rings. The van der Waals surface area contributed by atoms with Crippen LogP contribution in [0.25, 0.3) is 11.1 Å². The van der Waals surface area contributed by atoms with Crippen LogP contribution in [-0.2, 0) is 6.42 Å². The van der Waals surface area contributed by atoms with Crippen LogP contribution in [0, 0.1) is 5.82 Å². The van der Waals surface area contributed by atoms with Gasteiger partial charge in [0.2, 0.25) is 0 Å². The molecule has 0 bridgehead atoms. The van der Waals surface area contributed by atoms with E-state index >= 15 is 0 Å². The molecule has 4 heteroatoms. The van der Waals surface area contributed by atoms with E-state index in [1.165, 1.54) is 12.1 Å². The van der Waals surface area contributed by atoms with E-state index in [9.17, 15) is 9.50 Å². The minimum atomic E-state index is -0.343. The maximum absolute atomic E-state index is 13.2. The number of aromatic hydroxyl groups is 1. The second kappa shape index (κ2) is 5.52. The molecule has 3 rings (SSSR count). The van der Waals surface area contributed by atoms with Gasteiger partial charge in [-0.1, -0.05) is 26.0 Å². The molecule has 0 spiro atoms. The van der Waals surface area contributed by atoms with Gasteiger partial charge in [-0.2, -0.15) is 0 Å². The number of hydrogen-bond acceptors (Lipinski definition) is 2. The zero-order chi connectivity index (χ0) is 16.9. The lowest BCUT2D eigenvalue weighted by Crippen LogP contribution is -2.24. The maximum Gasteiger partial charge on any atom is 0.167 e. The number of hydrogen-bond donors (Lipinski definition) is 1. The molecule has 0 atom stereocenters. The van der Waals surface area contributed by atoms with Gasteiger partial charge in [-0.05, 0) is 59.0 Å². The summed E-state index contributed by atoms with van der Waals surface area (Å²) >= 11 is 3.67. The van der Waals surface area contributed by atoms with E-state index in [2.05, 4.69) is 29.8 Å². The summed E-state index contributed by atoms with van der Waals surface area (Å²) in [6, 6.07) is 6.14. The van der Waals surface area contributed by atoms with Crippen molar-refractivity contribution in [3.8, 4) is 22.6 Å². The van der Waals surface area contributed by atoms with Crippen LogP contribution in [0.2, 0.25) is 0 Å². The lowest BCUT2D eigenvalue weighted by molar-refractivity contribution is 0.134. The van der Waals surface area contributed by atoms with Crippen LogP contribution in [0.3, 0.4) is 0 Å². The summed E-state index contributed by atoms with van der Waals surface area (Å²) in [7, 11) is 0. The van der Waals surface area contributed by atoms with E-state index in [4.69, 9.17) is 4.74 Å². The van der Waals surface area contributed by atoms with Gasteiger partial charge in [0.25, 0.3) is 0 Å². The van der Waals surface area contributed by atoms with Crippen molar-refractivity contribution in [1.29, 1.82) is 0 Å². The maximum atomic E-state index is 13.2. The molecule has 0 aromatic heterocycles. The smallest absolute Gasteiger partial charge is 0.167 e. The highest BCUT2D eigenvalue weighted by Gasteiger charge is 2.37. The first-order chi connectivity index (χ1) is 10.7. The average molecular weight is 379 g/mol. The Morgan fingerprint density at radius 1 is 1.22 bits per heavy atom. The fourth-order valence-corrected chi connectivity index (χ4v) is 4.37. The Bertz CT molecular complexity index is 764. The zero-order valence-electron chi connectivity index (χ0n) is 13.7. The number of halogens is 2. The van der Waals surface area contributed by atoms with E-state index < -0.39 is 0 Å². The second-order valence-electron chi connectivity index (χ2n) is 6.96. The van der Waals surface area contributed by atoms with Crippen LogP contribution in [0.1, 0.15) is 44.7 Å². The van der Waals surface area contributed by atoms with Crippen LogP contribution in [0.4, 0.5) is 4.39 Å². The monoisotopic (exact) mass is 378 g/mol. The third kappa shape index (κ3) is 2.74. The van der Waals surface area contributed by atoms with Gasteiger partial charge in [0.15, 0.2) is 11.5 Å². The molecule has 0 amide bonds. The Morgan fingerprint density at radius 2 is 1.83 bits per heavy atom. The molecule has 1 N–H and O–H groups in total. The predicted octanol–water partition coefficient (Wildman–Crippen LogP) is 5.80. The van der Waals surface area contributed by atoms with Gasteiger partial charge in [0, 0.05) is 22.0 Å². The zero-order valence-corrected chi connectivity index (χ0v) is 15.3. The van der Waals surface area contributed by atoms with Gasteiger partial charge in [-0.15, -0.1) is 0 Å². The molecule has 0 saturated heterocycles. The summed E-state index contributed by atoms with van der Waals surface area (Å²) in [6.45, 7) is 8.28. The molecule has 1 aliphatic heterocycles. The molecule has 0 saturated carbocycles. The van der Waals surface area contributed by atoms with Crippen LogP contribution < -0.4 is 4.74 Å². The molecule has 1 heterocycles. The molecule has 2 aromatic carbocycles. The van der Waals surface area contributed by atoms with Crippen molar-refractivity contribution in [2.24, 2.45) is 0 Å². The normalized spacial score (nSPS) is 15.6. The predicted molar refractivity (Wildman–Crippen MR) is 93.7 cm³/mol. The van der Waals surface area contributed by atoms with Gasteiger partial charge in [0.05, 0.1) is 0 Å². The highest BCUT2D eigenvalue weighted by molar-refractivity contribution is 9.10. The largest absolute Gasteiger partial charge is 0.504 e. The van der Waals surface area contributed by atoms with Crippen LogP contribution in [0.5, 0.6) is 11.5 Å². The quantitative estimate of drug-likeness (QED) is 0.715. The molecular formula is C19H20BrFO2. The molecule has 2 nitrogen and oxygen atoms in total. The van der Waals surface area contributed by atoms with Crippen LogP contribution in [-0.4, -0.2) is 10.7 Å². The fraction of sp³-hybridized carbons (Fsp3) is 0.368. The summed E-state index contributed by atoms with van der Waals surface area (Å²) in [5.41, 5.74) is 3.27. The van der Waals surface area contributed by atoms with E-state index in [0.29, 0.717) is 11.3 Å². The SMILES string of the molecule is CC(C)c1c(Br)c(-c2ccc(F)cc2)c(O)c2c1CC(C)(C)O2. The standard InChI is InChI=1S/C19H20BrFO2/c1-10(2)14-13-9-19(3,4)23-18(13)17(22)15(16(14)20)11-5-7-12(21)8-6-11/h5-8,10,22H,9H2,1-4H3. The highest BCUT2D eigenvalue weighted by atomic mass is 79.9. The number of phenols is 1. The molecular weight excluding hydrogens is 359 g/mol. The summed E-state index contributed by atoms with van der Waals surface area (Å²) in [5.74, 6) is 0.650. The number of ether oxygens (including phenoxy) is 1. The Hall–Kier alpha value is -1.55. The summed E-state index contributed by atoms with van der Waals surface area (Å²) in [4.78, 5) is 0. The van der Waals surface area contributed by atoms with Gasteiger partial charge in [-0.3, -0.25) is 0 Å². The van der Waals surface area contributed by atoms with Gasteiger partial charge >= 0.3 is 0 Å². The minimum absolute atomic E-state index is 0.119. The Morgan fingerprint density at radius 3 is 2.39 bits per heavy atom. The molecule has 2 aromatic rings. The molecule has 0 aliphatic carbocycles. The Kier molecular flexibility index (Phi) is 3.91. The topological polar surface area (TPSA) is 29.5 Å². The van der Waals surface area contributed by atoms with Crippen molar-refractivity contribution in [2.45, 2.75) is 45.6 Å². The number of phenolic OH excluding ortho intramolecular Hbond substituents is 1. The summed E-state index contributed by atoms with van der Waals surface area (Å²) in [6.07, 6.45) is 0.756. The van der Waals surface area contributed by atoms with Crippen molar-refractivity contribution in [1.82, 2.24) is 0 Å². The Balaban J connectivity index is 2.31. The fourth-order valence-electron chi connectivity index (χ4n) is 3.26. The van der Waals surface area contributed by atoms with Gasteiger partial charge in [-0.25, -0.2) is 4.39 Å². The molecule has 23 heavy (non-hydrogen) atoms. The third-order valence-electron chi connectivity index (χ3n) is 4.20. The van der Waals surface area contributed by atoms with E-state index in [-0.39, 0.29) is 23.1 Å². The molecule has 0 unspecified atom stereocenters. The molecule has 122 valence electrons. The first-order valence-electron chi connectivity index (χ1n) is 7.73. The van der Waals surface area contributed by atoms with E-state index in [1.807, 2.05) is 13.8 Å². The Labute approximate surface area is 144 Å². The molecule has 1 aliphatic rings. The van der Waals surface area contributed by atoms with Gasteiger partial charge in [0.1, 0.15) is 11.4 Å².